The summed E-state index contributed by atoms with van der Waals surface area (Å²) in [5.74, 6) is -1.20. The molecular weight excluding hydrogens is 513 g/mol. The van der Waals surface area contributed by atoms with Crippen LogP contribution in [0.2, 0.25) is 21.9 Å². The van der Waals surface area contributed by atoms with Gasteiger partial charge in [-0.05, 0) is 0 Å². The average molecular weight is 551 g/mol. The summed E-state index contributed by atoms with van der Waals surface area (Å²) >= 11 is -4.20. The summed E-state index contributed by atoms with van der Waals surface area (Å²) in [5, 5.41) is 10.4. The van der Waals surface area contributed by atoms with Crippen LogP contribution >= 0.6 is 24.8 Å². The van der Waals surface area contributed by atoms with Crippen molar-refractivity contribution < 1.29 is 20.5 Å². The molecule has 0 aliphatic heterocycles. The molecule has 0 saturated heterocycles. The van der Waals surface area contributed by atoms with Crippen molar-refractivity contribution >= 4 is 37.6 Å². The fourth-order valence-corrected chi connectivity index (χ4v) is 47.3. The van der Waals surface area contributed by atoms with E-state index in [1.54, 1.807) is 0 Å². The first kappa shape index (κ1) is 27.3. The summed E-state index contributed by atoms with van der Waals surface area (Å²) in [6, 6.07) is 18.0. The Labute approximate surface area is 189 Å². The topological polar surface area (TPSA) is 32.3 Å². The number of hydrogen-bond donors (Lipinski definition) is 2. The Hall–Kier alpha value is 0.257. The summed E-state index contributed by atoms with van der Waals surface area (Å²) in [6.45, 7) is 14.6. The minimum absolute atomic E-state index is 0. The van der Waals surface area contributed by atoms with Crippen molar-refractivity contribution in [3.8, 4) is 11.1 Å². The van der Waals surface area contributed by atoms with Gasteiger partial charge in [0.2, 0.25) is 0 Å². The van der Waals surface area contributed by atoms with Gasteiger partial charge in [0, 0.05) is 0 Å². The molecule has 0 radical (unpaired) electrons. The Morgan fingerprint density at radius 1 is 0.966 bits per heavy atom. The smallest absolute Gasteiger partial charge is 0.147 e. The van der Waals surface area contributed by atoms with Crippen LogP contribution in [0.5, 0.6) is 0 Å². The van der Waals surface area contributed by atoms with E-state index in [1.807, 2.05) is 0 Å². The number of halogens is 2. The third-order valence-corrected chi connectivity index (χ3v) is 81.2. The van der Waals surface area contributed by atoms with Crippen molar-refractivity contribution in [2.75, 3.05) is 6.61 Å². The summed E-state index contributed by atoms with van der Waals surface area (Å²) in [7, 11) is 0. The molecule has 7 heteroatoms. The quantitative estimate of drug-likeness (QED) is 0.507. The monoisotopic (exact) mass is 548 g/mol. The van der Waals surface area contributed by atoms with E-state index in [4.69, 9.17) is 0 Å². The average Bonchev–Trinajstić information content (AvgIpc) is 2.89. The largest absolute Gasteiger partial charge is 0.147 e. The van der Waals surface area contributed by atoms with Crippen molar-refractivity contribution in [2.45, 2.75) is 51.8 Å². The third-order valence-electron chi connectivity index (χ3n) is 7.63. The molecule has 1 aliphatic carbocycles. The van der Waals surface area contributed by atoms with E-state index < -0.39 is 21.3 Å². The summed E-state index contributed by atoms with van der Waals surface area (Å²) in [5.41, 5.74) is 5.78. The maximum Gasteiger partial charge on any atom is -0.147 e. The van der Waals surface area contributed by atoms with E-state index in [-0.39, 0.29) is 37.0 Å². The zero-order valence-corrected chi connectivity index (χ0v) is 25.3. The van der Waals surface area contributed by atoms with Crippen molar-refractivity contribution in [2.24, 2.45) is 0 Å². The molecule has 1 aliphatic rings. The van der Waals surface area contributed by atoms with Gasteiger partial charge in [0.25, 0.3) is 0 Å². The van der Waals surface area contributed by atoms with Crippen molar-refractivity contribution in [3.05, 3.63) is 59.7 Å². The van der Waals surface area contributed by atoms with Gasteiger partial charge in [0.1, 0.15) is 0 Å². The summed E-state index contributed by atoms with van der Waals surface area (Å²) < 4.78 is 8.35. The molecule has 3 rings (SSSR count). The zero-order chi connectivity index (χ0) is 20.2. The Morgan fingerprint density at radius 2 is 1.38 bits per heavy atom. The predicted octanol–water partition coefficient (Wildman–Crippen LogP) is 5.12. The number of fused-ring (bicyclic) bond motifs is 3. The number of hydrogen-bond acceptors (Lipinski definition) is 2. The molecule has 0 aromatic heterocycles. The predicted molar refractivity (Wildman–Crippen MR) is 136 cm³/mol. The van der Waals surface area contributed by atoms with Crippen LogP contribution in [-0.2, 0) is 15.4 Å². The third kappa shape index (κ3) is 4.18. The van der Waals surface area contributed by atoms with Crippen LogP contribution in [-0.4, -0.2) is 30.1 Å². The first-order valence-electron chi connectivity index (χ1n) is 10.2. The Bertz CT molecular complexity index is 943. The molecule has 0 spiro atoms. The molecule has 2 nitrogen and oxygen atoms in total. The number of rotatable bonds is 5. The first-order valence-corrected chi connectivity index (χ1v) is 30.1. The number of aliphatic hydroxyl groups excluding tert-OH is 1. The molecule has 0 atom stereocenters. The fourth-order valence-electron chi connectivity index (χ4n) is 6.00. The van der Waals surface area contributed by atoms with Crippen LogP contribution in [0.3, 0.4) is 0 Å². The number of nitrogens with one attached hydrogen (secondary N) is 1. The van der Waals surface area contributed by atoms with Crippen molar-refractivity contribution in [3.63, 3.8) is 0 Å². The van der Waals surface area contributed by atoms with Crippen molar-refractivity contribution in [1.29, 1.82) is 0 Å². The number of benzene rings is 2. The van der Waals surface area contributed by atoms with Crippen LogP contribution in [0.25, 0.3) is 11.1 Å². The molecule has 0 heterocycles. The Morgan fingerprint density at radius 3 is 1.72 bits per heavy atom. The standard InChI is InChI=1S/C13H9.C4H10N.C2H5O.C2H7Si.CH3.2ClH.H2Si.Zr/c1-3-7-12-10(5-1)9-11-6-2-4-8-13(11)12;1-4(2,3)5;1-2-3;1-3-2;;;;;/h1-9H;5H,1-3H3;3H,1-2H2;3H,1-2H3;1H3;2*1H;1H2;/q;-1;;;;;;;+1. The van der Waals surface area contributed by atoms with E-state index >= 15 is 0 Å². The van der Waals surface area contributed by atoms with Crippen molar-refractivity contribution in [1.82, 2.24) is 3.26 Å². The van der Waals surface area contributed by atoms with Gasteiger partial charge < -0.3 is 0 Å². The van der Waals surface area contributed by atoms with Crippen LogP contribution < -0.4 is 3.26 Å². The normalized spacial score (nSPS) is 16.1. The molecule has 2 aromatic carbocycles. The summed E-state index contributed by atoms with van der Waals surface area (Å²) in [4.78, 5) is 0. The van der Waals surface area contributed by atoms with E-state index in [9.17, 15) is 5.11 Å². The fraction of sp³-hybridized carbons (Fsp3) is 0.455. The van der Waals surface area contributed by atoms with Crippen LogP contribution in [0, 0.1) is 0 Å². The SMILES string of the molecule is C[SiH](C)[Zr]([CH3])(=[SiH2])([CH2]CO)([NH]C(C)(C)C)[CH]1c2ccccc2-c2ccccc21.Cl.Cl. The van der Waals surface area contributed by atoms with Gasteiger partial charge in [-0.1, -0.05) is 0 Å². The molecule has 163 valence electrons. The Kier molecular flexibility index (Phi) is 7.82. The first-order chi connectivity index (χ1) is 12.4. The van der Waals surface area contributed by atoms with E-state index in [2.05, 4.69) is 97.2 Å². The minimum atomic E-state index is -4.20. The van der Waals surface area contributed by atoms with E-state index in [1.165, 1.54) is 22.3 Å². The second-order valence-corrected chi connectivity index (χ2v) is 72.7. The molecule has 0 unspecified atom stereocenters. The van der Waals surface area contributed by atoms with Gasteiger partial charge in [-0.3, -0.25) is 0 Å². The second-order valence-electron chi connectivity index (χ2n) is 11.0. The van der Waals surface area contributed by atoms with E-state index in [0.29, 0.717) is 3.63 Å². The van der Waals surface area contributed by atoms with Gasteiger partial charge in [-0.25, -0.2) is 0 Å². The molecular formula is C22H38Cl2NOSi2Zr. The number of aliphatic hydroxyl groups is 1. The molecule has 0 amide bonds. The maximum atomic E-state index is 10.4. The summed E-state index contributed by atoms with van der Waals surface area (Å²) in [6.07, 6.45) is 0. The van der Waals surface area contributed by atoms with E-state index in [0.717, 1.165) is 4.13 Å². The van der Waals surface area contributed by atoms with Gasteiger partial charge in [-0.2, -0.15) is 0 Å². The van der Waals surface area contributed by atoms with Crippen LogP contribution in [0.15, 0.2) is 48.5 Å². The minimum Gasteiger partial charge on any atom is -0.147 e. The van der Waals surface area contributed by atoms with Gasteiger partial charge >= 0.3 is 166 Å². The molecule has 2 N–H and O–H groups in total. The molecule has 0 bridgehead atoms. The van der Waals surface area contributed by atoms with Gasteiger partial charge in [0.05, 0.1) is 0 Å². The molecule has 2 aromatic rings. The van der Waals surface area contributed by atoms with Gasteiger partial charge in [-0.15, -0.1) is 24.8 Å². The Balaban J connectivity index is 0.00000210. The van der Waals surface area contributed by atoms with Crippen LogP contribution in [0.1, 0.15) is 35.5 Å². The molecule has 0 fully saturated rings. The maximum absolute atomic E-state index is 10.4. The second kappa shape index (κ2) is 8.31. The van der Waals surface area contributed by atoms with Gasteiger partial charge in [0.15, 0.2) is 0 Å². The molecule has 0 saturated carbocycles. The zero-order valence-electron chi connectivity index (χ0n) is 18.7. The van der Waals surface area contributed by atoms with Crippen LogP contribution in [0.4, 0.5) is 0 Å². The molecule has 29 heavy (non-hydrogen) atoms.